The van der Waals surface area contributed by atoms with Crippen molar-refractivity contribution in [1.82, 2.24) is 15.2 Å². The molecule has 0 unspecified atom stereocenters. The van der Waals surface area contributed by atoms with Crippen LogP contribution in [0.15, 0.2) is 29.6 Å². The van der Waals surface area contributed by atoms with Crippen LogP contribution in [0.4, 0.5) is 10.8 Å². The molecule has 1 aliphatic heterocycles. The number of thiazole rings is 1. The lowest BCUT2D eigenvalue weighted by Gasteiger charge is -2.18. The van der Waals surface area contributed by atoms with Gasteiger partial charge in [-0.05, 0) is 37.1 Å². The Bertz CT molecular complexity index is 1050. The predicted molar refractivity (Wildman–Crippen MR) is 100 cm³/mol. The summed E-state index contributed by atoms with van der Waals surface area (Å²) < 4.78 is 5.36. The number of carbonyl (C=O) groups excluding carboxylic acids is 2. The normalized spacial score (nSPS) is 15.6. The summed E-state index contributed by atoms with van der Waals surface area (Å²) in [6.07, 6.45) is 2.29. The van der Waals surface area contributed by atoms with Gasteiger partial charge in [-0.2, -0.15) is 5.10 Å². The van der Waals surface area contributed by atoms with Crippen LogP contribution in [0.3, 0.4) is 0 Å². The molecular weight excluding hydrogens is 366 g/mol. The zero-order valence-corrected chi connectivity index (χ0v) is 14.9. The number of aromatic nitrogens is 3. The van der Waals surface area contributed by atoms with Crippen LogP contribution >= 0.6 is 11.3 Å². The summed E-state index contributed by atoms with van der Waals surface area (Å²) in [7, 11) is 0. The van der Waals surface area contributed by atoms with E-state index in [4.69, 9.17) is 4.74 Å². The highest BCUT2D eigenvalue weighted by Crippen LogP contribution is 2.39. The number of carbonyl (C=O) groups is 2. The van der Waals surface area contributed by atoms with E-state index < -0.39 is 0 Å². The molecule has 9 heteroatoms. The summed E-state index contributed by atoms with van der Waals surface area (Å²) in [6, 6.07) is 7.27. The topological polar surface area (TPSA) is 109 Å². The molecule has 2 aromatic heterocycles. The van der Waals surface area contributed by atoms with Crippen molar-refractivity contribution < 1.29 is 14.3 Å². The maximum atomic E-state index is 12.4. The fraction of sp³-hybridized carbons (Fsp3) is 0.222. The van der Waals surface area contributed by atoms with Gasteiger partial charge in [0, 0.05) is 22.6 Å². The number of nitrogens with zero attached hydrogens (tertiary/aromatic N) is 2. The molecule has 8 nitrogen and oxygen atoms in total. The van der Waals surface area contributed by atoms with Crippen LogP contribution < -0.4 is 15.4 Å². The van der Waals surface area contributed by atoms with E-state index in [9.17, 15) is 9.59 Å². The highest BCUT2D eigenvalue weighted by Gasteiger charge is 2.26. The summed E-state index contributed by atoms with van der Waals surface area (Å²) in [6.45, 7) is 0.0227. The first kappa shape index (κ1) is 16.0. The van der Waals surface area contributed by atoms with Crippen LogP contribution in [0.2, 0.25) is 0 Å². The minimum Gasteiger partial charge on any atom is -0.482 e. The van der Waals surface area contributed by atoms with Gasteiger partial charge in [0.2, 0.25) is 0 Å². The van der Waals surface area contributed by atoms with Gasteiger partial charge in [-0.1, -0.05) is 0 Å². The zero-order chi connectivity index (χ0) is 18.4. The molecule has 0 bridgehead atoms. The largest absolute Gasteiger partial charge is 0.482 e. The Morgan fingerprint density at radius 3 is 3.04 bits per heavy atom. The number of benzene rings is 1. The standard InChI is InChI=1S/C18H15N5O3S/c24-16-7-26-15-4-3-10(5-12(15)19-16)14-8-27-18(20-14)21-17(25)13-6-11(22-23-13)9-1-2-9/h3-6,8-9H,1-2,7H2,(H,19,24)(H,22,23)(H,20,21,25). The monoisotopic (exact) mass is 381 g/mol. The smallest absolute Gasteiger partial charge is 0.277 e. The molecule has 1 aromatic carbocycles. The molecule has 2 aliphatic rings. The van der Waals surface area contributed by atoms with Gasteiger partial charge in [-0.15, -0.1) is 11.3 Å². The van der Waals surface area contributed by atoms with Gasteiger partial charge in [0.25, 0.3) is 11.8 Å². The number of aromatic amines is 1. The first-order valence-corrected chi connectivity index (χ1v) is 9.43. The molecule has 5 rings (SSSR count). The average Bonchev–Trinajstić information content (AvgIpc) is 3.21. The molecule has 1 aliphatic carbocycles. The summed E-state index contributed by atoms with van der Waals surface area (Å²) in [5.41, 5.74) is 3.53. The van der Waals surface area contributed by atoms with Crippen molar-refractivity contribution in [2.75, 3.05) is 17.2 Å². The number of anilines is 2. The van der Waals surface area contributed by atoms with E-state index in [1.54, 1.807) is 12.1 Å². The van der Waals surface area contributed by atoms with Gasteiger partial charge in [-0.3, -0.25) is 20.0 Å². The lowest BCUT2D eigenvalue weighted by molar-refractivity contribution is -0.118. The number of nitrogens with one attached hydrogen (secondary N) is 3. The first-order chi connectivity index (χ1) is 13.2. The summed E-state index contributed by atoms with van der Waals surface area (Å²) in [4.78, 5) is 28.3. The Labute approximate surface area is 158 Å². The number of fused-ring (bicyclic) bond motifs is 1. The SMILES string of the molecule is O=C1COc2ccc(-c3csc(NC(=O)c4cc(C5CC5)[nH]n4)n3)cc2N1. The number of hydrogen-bond donors (Lipinski definition) is 3. The lowest BCUT2D eigenvalue weighted by Crippen LogP contribution is -2.25. The second-order valence-corrected chi connectivity index (χ2v) is 7.38. The predicted octanol–water partition coefficient (Wildman–Crippen LogP) is 2.99. The number of H-pyrrole nitrogens is 1. The molecule has 0 spiro atoms. The van der Waals surface area contributed by atoms with Gasteiger partial charge in [0.15, 0.2) is 17.4 Å². The van der Waals surface area contributed by atoms with Gasteiger partial charge in [0.05, 0.1) is 11.4 Å². The first-order valence-electron chi connectivity index (χ1n) is 8.55. The average molecular weight is 381 g/mol. The van der Waals surface area contributed by atoms with E-state index in [-0.39, 0.29) is 18.4 Å². The molecule has 27 heavy (non-hydrogen) atoms. The molecule has 3 aromatic rings. The molecule has 136 valence electrons. The van der Waals surface area contributed by atoms with Gasteiger partial charge in [-0.25, -0.2) is 4.98 Å². The number of hydrogen-bond acceptors (Lipinski definition) is 6. The van der Waals surface area contributed by atoms with Crippen molar-refractivity contribution >= 4 is 34.0 Å². The Kier molecular flexibility index (Phi) is 3.68. The van der Waals surface area contributed by atoms with Crippen LogP contribution in [0.5, 0.6) is 5.75 Å². The van der Waals surface area contributed by atoms with Crippen LogP contribution in [-0.2, 0) is 4.79 Å². The molecule has 0 atom stereocenters. The van der Waals surface area contributed by atoms with Crippen molar-refractivity contribution in [3.63, 3.8) is 0 Å². The fourth-order valence-electron chi connectivity index (χ4n) is 2.92. The van der Waals surface area contributed by atoms with Crippen molar-refractivity contribution in [3.8, 4) is 17.0 Å². The van der Waals surface area contributed by atoms with Gasteiger partial charge >= 0.3 is 0 Å². The van der Waals surface area contributed by atoms with Crippen LogP contribution in [0.25, 0.3) is 11.3 Å². The van der Waals surface area contributed by atoms with Crippen LogP contribution in [-0.4, -0.2) is 33.6 Å². The number of amides is 2. The molecule has 1 saturated carbocycles. The highest BCUT2D eigenvalue weighted by atomic mass is 32.1. The Balaban J connectivity index is 1.32. The van der Waals surface area contributed by atoms with Gasteiger partial charge in [0.1, 0.15) is 5.75 Å². The maximum absolute atomic E-state index is 12.4. The second-order valence-electron chi connectivity index (χ2n) is 6.52. The minimum absolute atomic E-state index is 0.0227. The Morgan fingerprint density at radius 1 is 1.30 bits per heavy atom. The Hall–Kier alpha value is -3.20. The third-order valence-electron chi connectivity index (χ3n) is 4.48. The molecule has 0 radical (unpaired) electrons. The zero-order valence-electron chi connectivity index (χ0n) is 14.1. The third kappa shape index (κ3) is 3.17. The van der Waals surface area contributed by atoms with E-state index in [1.807, 2.05) is 17.5 Å². The van der Waals surface area contributed by atoms with Crippen LogP contribution in [0.1, 0.15) is 34.9 Å². The molecule has 3 heterocycles. The number of ether oxygens (including phenoxy) is 1. The van der Waals surface area contributed by atoms with Crippen LogP contribution in [0, 0.1) is 0 Å². The summed E-state index contributed by atoms with van der Waals surface area (Å²) >= 11 is 1.33. The lowest BCUT2D eigenvalue weighted by atomic mass is 10.1. The fourth-order valence-corrected chi connectivity index (χ4v) is 3.64. The molecule has 3 N–H and O–H groups in total. The minimum atomic E-state index is -0.287. The van der Waals surface area contributed by atoms with E-state index in [0.29, 0.717) is 33.9 Å². The third-order valence-corrected chi connectivity index (χ3v) is 5.24. The highest BCUT2D eigenvalue weighted by molar-refractivity contribution is 7.14. The van der Waals surface area contributed by atoms with E-state index in [2.05, 4.69) is 25.8 Å². The molecular formula is C18H15N5O3S. The van der Waals surface area contributed by atoms with Crippen molar-refractivity contribution in [1.29, 1.82) is 0 Å². The maximum Gasteiger partial charge on any atom is 0.277 e. The number of rotatable bonds is 4. The molecule has 0 saturated heterocycles. The van der Waals surface area contributed by atoms with E-state index in [0.717, 1.165) is 24.1 Å². The second kappa shape index (κ2) is 6.20. The van der Waals surface area contributed by atoms with E-state index >= 15 is 0 Å². The molecule has 2 amide bonds. The van der Waals surface area contributed by atoms with Crippen molar-refractivity contribution in [3.05, 3.63) is 41.0 Å². The Morgan fingerprint density at radius 2 is 2.19 bits per heavy atom. The molecule has 1 fully saturated rings. The summed E-state index contributed by atoms with van der Waals surface area (Å²) in [5, 5.41) is 14.9. The quantitative estimate of drug-likeness (QED) is 0.644. The summed E-state index contributed by atoms with van der Waals surface area (Å²) in [5.74, 6) is 0.673. The van der Waals surface area contributed by atoms with Crippen molar-refractivity contribution in [2.45, 2.75) is 18.8 Å². The van der Waals surface area contributed by atoms with E-state index in [1.165, 1.54) is 11.3 Å². The van der Waals surface area contributed by atoms with Crippen molar-refractivity contribution in [2.24, 2.45) is 0 Å². The van der Waals surface area contributed by atoms with Gasteiger partial charge < -0.3 is 10.1 Å².